The summed E-state index contributed by atoms with van der Waals surface area (Å²) in [6.45, 7) is 5.10. The van der Waals surface area contributed by atoms with Crippen molar-refractivity contribution in [2.75, 3.05) is 37.8 Å². The molecule has 0 aromatic heterocycles. The van der Waals surface area contributed by atoms with Gasteiger partial charge in [0, 0.05) is 30.4 Å². The van der Waals surface area contributed by atoms with Gasteiger partial charge in [0.15, 0.2) is 0 Å². The summed E-state index contributed by atoms with van der Waals surface area (Å²) >= 11 is 0. The third kappa shape index (κ3) is 4.02. The van der Waals surface area contributed by atoms with Gasteiger partial charge in [0.2, 0.25) is 6.19 Å². The highest BCUT2D eigenvalue weighted by Gasteiger charge is 2.48. The van der Waals surface area contributed by atoms with Gasteiger partial charge in [-0.15, -0.1) is 4.36 Å². The van der Waals surface area contributed by atoms with E-state index in [1.165, 1.54) is 22.3 Å². The molecule has 2 fully saturated rings. The fourth-order valence-electron chi connectivity index (χ4n) is 6.63. The van der Waals surface area contributed by atoms with Crippen LogP contribution in [0.3, 0.4) is 0 Å². The lowest BCUT2D eigenvalue weighted by atomic mass is 9.87. The van der Waals surface area contributed by atoms with E-state index in [-0.39, 0.29) is 17.3 Å². The average Bonchev–Trinajstić information content (AvgIpc) is 3.49. The van der Waals surface area contributed by atoms with Gasteiger partial charge < -0.3 is 5.32 Å². The maximum absolute atomic E-state index is 13.8. The van der Waals surface area contributed by atoms with Gasteiger partial charge in [-0.25, -0.2) is 13.7 Å². The van der Waals surface area contributed by atoms with Crippen molar-refractivity contribution in [1.29, 1.82) is 5.26 Å². The summed E-state index contributed by atoms with van der Waals surface area (Å²) in [5.41, 5.74) is 5.86. The van der Waals surface area contributed by atoms with Crippen molar-refractivity contribution in [3.63, 3.8) is 0 Å². The minimum atomic E-state index is -3.26. The van der Waals surface area contributed by atoms with Crippen LogP contribution in [-0.4, -0.2) is 64.1 Å². The van der Waals surface area contributed by atoms with Crippen LogP contribution < -0.4 is 10.0 Å². The first-order valence-corrected chi connectivity index (χ1v) is 13.8. The molecule has 9 heteroatoms. The number of hydrogen-bond donors (Lipinski definition) is 2. The Bertz CT molecular complexity index is 1100. The van der Waals surface area contributed by atoms with E-state index in [2.05, 4.69) is 37.2 Å². The van der Waals surface area contributed by atoms with Gasteiger partial charge in [-0.3, -0.25) is 9.80 Å². The maximum atomic E-state index is 13.8. The van der Waals surface area contributed by atoms with Gasteiger partial charge in [-0.2, -0.15) is 5.26 Å². The monoisotopic (exact) mass is 470 g/mol. The summed E-state index contributed by atoms with van der Waals surface area (Å²) in [5.74, 6) is 0.141. The van der Waals surface area contributed by atoms with Crippen LogP contribution in [0.1, 0.15) is 54.9 Å². The normalized spacial score (nSPS) is 28.3. The number of carbonyl (C=O) groups excluding carboxylic acids is 1. The molecule has 0 radical (unpaired) electrons. The lowest BCUT2D eigenvalue weighted by molar-refractivity contribution is 0.00630. The van der Waals surface area contributed by atoms with E-state index in [1.54, 1.807) is 6.19 Å². The molecule has 4 aliphatic rings. The molecule has 33 heavy (non-hydrogen) atoms. The van der Waals surface area contributed by atoms with Gasteiger partial charge in [0.25, 0.3) is 0 Å². The second-order valence-corrected chi connectivity index (χ2v) is 12.2. The number of urea groups is 1. The second kappa shape index (κ2) is 8.57. The summed E-state index contributed by atoms with van der Waals surface area (Å²) in [4.78, 5) is 17.8. The highest BCUT2D eigenvalue weighted by atomic mass is 32.2. The maximum Gasteiger partial charge on any atom is 0.331 e. The zero-order chi connectivity index (χ0) is 23.2. The molecule has 2 unspecified atom stereocenters. The quantitative estimate of drug-likeness (QED) is 0.659. The number of carbonyl (C=O) groups is 1. The van der Waals surface area contributed by atoms with E-state index in [4.69, 9.17) is 0 Å². The Hall–Kier alpha value is -2.15. The van der Waals surface area contributed by atoms with E-state index in [9.17, 15) is 14.3 Å². The number of nitrogens with one attached hydrogen (secondary N) is 2. The van der Waals surface area contributed by atoms with Crippen LogP contribution in [0.2, 0.25) is 0 Å². The topological polar surface area (TPSA) is 101 Å². The molecule has 1 aromatic rings. The third-order valence-corrected chi connectivity index (χ3v) is 9.99. The van der Waals surface area contributed by atoms with Crippen LogP contribution in [0.4, 0.5) is 10.5 Å². The standard InChI is InChI=1S/C24H34N6O2S/c1-24-10-5-11-30(24)13-12-29(2)21(24)15-33(32,26-16-25)28-23(31)27-22-19-8-3-6-17(19)14-18-7-4-9-20(18)22/h14,21H,3-13,15H2,1-2H3,(H2,26,27,28,31,32)/t21?,24-,33?/m0/s1. The highest BCUT2D eigenvalue weighted by Crippen LogP contribution is 2.39. The second-order valence-electron chi connectivity index (χ2n) is 10.2. The summed E-state index contributed by atoms with van der Waals surface area (Å²) in [6, 6.07) is 1.73. The molecular formula is C24H34N6O2S. The zero-order valence-corrected chi connectivity index (χ0v) is 20.5. The molecule has 2 saturated heterocycles. The molecule has 2 N–H and O–H groups in total. The number of anilines is 1. The number of nitriles is 1. The van der Waals surface area contributed by atoms with Crippen molar-refractivity contribution >= 4 is 21.6 Å². The van der Waals surface area contributed by atoms with Crippen molar-refractivity contribution in [1.82, 2.24) is 14.5 Å². The smallest absolute Gasteiger partial charge is 0.307 e. The predicted molar refractivity (Wildman–Crippen MR) is 129 cm³/mol. The molecule has 2 heterocycles. The van der Waals surface area contributed by atoms with Crippen LogP contribution in [0.15, 0.2) is 10.4 Å². The molecule has 2 amide bonds. The Morgan fingerprint density at radius 3 is 2.55 bits per heavy atom. The Morgan fingerprint density at radius 1 is 1.18 bits per heavy atom. The van der Waals surface area contributed by atoms with Crippen LogP contribution in [-0.2, 0) is 35.6 Å². The molecule has 0 spiro atoms. The number of hydrogen-bond acceptors (Lipinski definition) is 6. The van der Waals surface area contributed by atoms with Crippen LogP contribution in [0.5, 0.6) is 0 Å². The van der Waals surface area contributed by atoms with Gasteiger partial charge in [0.1, 0.15) is 9.92 Å². The van der Waals surface area contributed by atoms with E-state index in [0.717, 1.165) is 76.7 Å². The fourth-order valence-corrected chi connectivity index (χ4v) is 8.35. The lowest BCUT2D eigenvalue weighted by Crippen LogP contribution is -2.65. The molecule has 3 atom stereocenters. The number of likely N-dealkylation sites (N-methyl/N-ethyl adjacent to an activating group) is 1. The largest absolute Gasteiger partial charge is 0.331 e. The van der Waals surface area contributed by atoms with Crippen molar-refractivity contribution in [3.8, 4) is 6.19 Å². The molecule has 8 nitrogen and oxygen atoms in total. The number of aryl methyl sites for hydroxylation is 2. The Kier molecular flexibility index (Phi) is 5.88. The number of amides is 2. The fraction of sp³-hybridized carbons (Fsp3) is 0.667. The van der Waals surface area contributed by atoms with Crippen molar-refractivity contribution in [2.24, 2.45) is 4.36 Å². The average molecular weight is 471 g/mol. The first kappa shape index (κ1) is 22.6. The van der Waals surface area contributed by atoms with E-state index in [0.29, 0.717) is 0 Å². The third-order valence-electron chi connectivity index (χ3n) is 8.34. The Labute approximate surface area is 197 Å². The molecule has 178 valence electrons. The Balaban J connectivity index is 1.39. The van der Waals surface area contributed by atoms with Crippen molar-refractivity contribution in [2.45, 2.75) is 69.9 Å². The molecule has 0 bridgehead atoms. The molecule has 5 rings (SSSR count). The van der Waals surface area contributed by atoms with Crippen LogP contribution >= 0.6 is 0 Å². The first-order chi connectivity index (χ1) is 15.8. The van der Waals surface area contributed by atoms with E-state index < -0.39 is 15.9 Å². The number of piperazine rings is 1. The van der Waals surface area contributed by atoms with Crippen LogP contribution in [0, 0.1) is 11.5 Å². The molecule has 0 saturated carbocycles. The molecular weight excluding hydrogens is 436 g/mol. The molecule has 2 aliphatic heterocycles. The summed E-state index contributed by atoms with van der Waals surface area (Å²) in [6.07, 6.45) is 10.0. The number of benzene rings is 1. The molecule has 2 aliphatic carbocycles. The number of nitrogens with zero attached hydrogens (tertiary/aromatic N) is 4. The van der Waals surface area contributed by atoms with E-state index in [1.807, 2.05) is 7.05 Å². The van der Waals surface area contributed by atoms with Gasteiger partial charge in [-0.1, -0.05) is 6.07 Å². The van der Waals surface area contributed by atoms with Crippen molar-refractivity contribution < 1.29 is 9.00 Å². The highest BCUT2D eigenvalue weighted by molar-refractivity contribution is 7.92. The van der Waals surface area contributed by atoms with Gasteiger partial charge in [-0.05, 0) is 94.1 Å². The number of rotatable bonds is 4. The lowest BCUT2D eigenvalue weighted by Gasteiger charge is -2.50. The minimum Gasteiger partial charge on any atom is -0.307 e. The summed E-state index contributed by atoms with van der Waals surface area (Å²) in [5, 5.41) is 12.4. The molecule has 1 aromatic carbocycles. The van der Waals surface area contributed by atoms with Gasteiger partial charge >= 0.3 is 6.03 Å². The van der Waals surface area contributed by atoms with E-state index >= 15 is 0 Å². The number of fused-ring (bicyclic) bond motifs is 3. The Morgan fingerprint density at radius 2 is 1.88 bits per heavy atom. The minimum absolute atomic E-state index is 0.0520. The zero-order valence-electron chi connectivity index (χ0n) is 19.7. The van der Waals surface area contributed by atoms with Crippen molar-refractivity contribution in [3.05, 3.63) is 28.3 Å². The predicted octanol–water partition coefficient (Wildman–Crippen LogP) is 2.82. The van der Waals surface area contributed by atoms with Crippen LogP contribution in [0.25, 0.3) is 0 Å². The van der Waals surface area contributed by atoms with Gasteiger partial charge in [0.05, 0.1) is 5.75 Å². The summed E-state index contributed by atoms with van der Waals surface area (Å²) < 4.78 is 20.2. The summed E-state index contributed by atoms with van der Waals surface area (Å²) in [7, 11) is -1.23. The SMILES string of the molecule is CN1CCN2CCC[C@@]2(C)C1CS(=O)(=NC#N)NC(=O)Nc1c2c(cc3c1CCC3)CCC2. The first-order valence-electron chi connectivity index (χ1n) is 12.2.